The topological polar surface area (TPSA) is 106 Å². The Balaban J connectivity index is 1.77. The lowest BCUT2D eigenvalue weighted by atomic mass is 10.2. The van der Waals surface area contributed by atoms with Gasteiger partial charge in [-0.2, -0.15) is 0 Å². The van der Waals surface area contributed by atoms with Gasteiger partial charge in [0.25, 0.3) is 11.6 Å². The number of carbonyl (C=O) groups is 1. The van der Waals surface area contributed by atoms with Gasteiger partial charge in [0.2, 0.25) is 0 Å². The molecule has 1 aliphatic heterocycles. The molecule has 8 nitrogen and oxygen atoms in total. The second-order valence-corrected chi connectivity index (χ2v) is 5.23. The van der Waals surface area contributed by atoms with E-state index in [4.69, 9.17) is 4.74 Å². The summed E-state index contributed by atoms with van der Waals surface area (Å²) in [7, 11) is 0. The highest BCUT2D eigenvalue weighted by atomic mass is 16.6. The van der Waals surface area contributed by atoms with Crippen molar-refractivity contribution < 1.29 is 24.5 Å². The van der Waals surface area contributed by atoms with Crippen molar-refractivity contribution >= 4 is 11.6 Å². The Morgan fingerprint density at radius 2 is 2.00 bits per heavy atom. The lowest BCUT2D eigenvalue weighted by Crippen LogP contribution is -3.15. The first-order valence-electron chi connectivity index (χ1n) is 7.18. The molecule has 1 atom stereocenters. The number of carbonyl (C=O) groups excluding carboxylic acids is 1. The number of aliphatic hydroxyl groups excluding tert-OH is 1. The van der Waals surface area contributed by atoms with Crippen LogP contribution in [-0.4, -0.2) is 61.4 Å². The largest absolute Gasteiger partial charge is 0.385 e. The molecule has 1 amide bonds. The molecule has 22 heavy (non-hydrogen) atoms. The van der Waals surface area contributed by atoms with Gasteiger partial charge in [0.05, 0.1) is 18.1 Å². The number of ether oxygens (including phenoxy) is 1. The first-order valence-corrected chi connectivity index (χ1v) is 7.18. The van der Waals surface area contributed by atoms with Crippen molar-refractivity contribution in [2.24, 2.45) is 0 Å². The molecular formula is C14H20N3O5+. The highest BCUT2D eigenvalue weighted by Gasteiger charge is 2.19. The zero-order chi connectivity index (χ0) is 15.9. The van der Waals surface area contributed by atoms with Crippen LogP contribution in [0.15, 0.2) is 24.3 Å². The van der Waals surface area contributed by atoms with Gasteiger partial charge in [-0.15, -0.1) is 0 Å². The molecule has 0 bridgehead atoms. The van der Waals surface area contributed by atoms with E-state index in [1.54, 1.807) is 0 Å². The summed E-state index contributed by atoms with van der Waals surface area (Å²) in [5.74, 6) is -0.356. The van der Waals surface area contributed by atoms with Crippen molar-refractivity contribution in [1.82, 2.24) is 5.32 Å². The summed E-state index contributed by atoms with van der Waals surface area (Å²) < 4.78 is 5.24. The Morgan fingerprint density at radius 1 is 1.36 bits per heavy atom. The molecule has 8 heteroatoms. The number of nitrogens with zero attached hydrogens (tertiary/aromatic N) is 1. The standard InChI is InChI=1S/C14H19N3O5/c18-13(10-16-5-7-22-8-6-16)9-15-14(19)11-1-3-12(4-2-11)17(20)21/h1-4,13,18H,5-10H2,(H,15,19)/p+1/t13-/m0/s1. The predicted molar refractivity (Wildman–Crippen MR) is 77.8 cm³/mol. The van der Waals surface area contributed by atoms with E-state index in [-0.39, 0.29) is 18.1 Å². The number of nitro benzene ring substituents is 1. The average molecular weight is 310 g/mol. The second-order valence-electron chi connectivity index (χ2n) is 5.23. The van der Waals surface area contributed by atoms with Crippen molar-refractivity contribution in [1.29, 1.82) is 0 Å². The first-order chi connectivity index (χ1) is 10.6. The van der Waals surface area contributed by atoms with E-state index in [1.807, 2.05) is 0 Å². The van der Waals surface area contributed by atoms with Gasteiger partial charge < -0.3 is 20.1 Å². The predicted octanol–water partition coefficient (Wildman–Crippen LogP) is -1.40. The summed E-state index contributed by atoms with van der Waals surface area (Å²) in [5, 5.41) is 23.1. The van der Waals surface area contributed by atoms with Gasteiger partial charge in [0.15, 0.2) is 0 Å². The number of nitro groups is 1. The van der Waals surface area contributed by atoms with Gasteiger partial charge in [0, 0.05) is 24.2 Å². The SMILES string of the molecule is O=C(NC[C@H](O)C[NH+]1CCOCC1)c1ccc([N+](=O)[O-])cc1. The molecule has 0 aliphatic carbocycles. The summed E-state index contributed by atoms with van der Waals surface area (Å²) in [6.07, 6.45) is -0.630. The fourth-order valence-electron chi connectivity index (χ4n) is 2.32. The summed E-state index contributed by atoms with van der Waals surface area (Å²) in [6, 6.07) is 5.35. The smallest absolute Gasteiger partial charge is 0.269 e. The van der Waals surface area contributed by atoms with Gasteiger partial charge in [-0.25, -0.2) is 0 Å². The van der Waals surface area contributed by atoms with E-state index in [2.05, 4.69) is 5.32 Å². The third kappa shape index (κ3) is 4.76. The Morgan fingerprint density at radius 3 is 2.59 bits per heavy atom. The van der Waals surface area contributed by atoms with E-state index >= 15 is 0 Å². The summed E-state index contributed by atoms with van der Waals surface area (Å²) in [4.78, 5) is 23.2. The maximum absolute atomic E-state index is 11.9. The van der Waals surface area contributed by atoms with E-state index < -0.39 is 11.0 Å². The Bertz CT molecular complexity index is 514. The fraction of sp³-hybridized carbons (Fsp3) is 0.500. The van der Waals surface area contributed by atoms with Gasteiger partial charge in [-0.3, -0.25) is 14.9 Å². The van der Waals surface area contributed by atoms with Crippen LogP contribution in [0.5, 0.6) is 0 Å². The fourth-order valence-corrected chi connectivity index (χ4v) is 2.32. The maximum atomic E-state index is 11.9. The van der Waals surface area contributed by atoms with Crippen LogP contribution in [0, 0.1) is 10.1 Å². The minimum Gasteiger partial charge on any atom is -0.385 e. The molecule has 0 unspecified atom stereocenters. The number of benzene rings is 1. The highest BCUT2D eigenvalue weighted by Crippen LogP contribution is 2.11. The molecule has 1 aromatic rings. The third-order valence-corrected chi connectivity index (χ3v) is 3.56. The average Bonchev–Trinajstić information content (AvgIpc) is 2.53. The molecule has 2 rings (SSSR count). The third-order valence-electron chi connectivity index (χ3n) is 3.56. The lowest BCUT2D eigenvalue weighted by molar-refractivity contribution is -0.910. The van der Waals surface area contributed by atoms with E-state index in [0.29, 0.717) is 25.3 Å². The second kappa shape index (κ2) is 7.83. The van der Waals surface area contributed by atoms with E-state index in [1.165, 1.54) is 29.2 Å². The number of quaternary nitrogens is 1. The molecule has 0 spiro atoms. The number of non-ortho nitro benzene ring substituents is 1. The van der Waals surface area contributed by atoms with Crippen molar-refractivity contribution in [3.63, 3.8) is 0 Å². The summed E-state index contributed by atoms with van der Waals surface area (Å²) in [5.41, 5.74) is 0.268. The molecular weight excluding hydrogens is 290 g/mol. The highest BCUT2D eigenvalue weighted by molar-refractivity contribution is 5.94. The van der Waals surface area contributed by atoms with Gasteiger partial charge in [0.1, 0.15) is 25.7 Å². The summed E-state index contributed by atoms with van der Waals surface area (Å²) >= 11 is 0. The normalized spacial score (nSPS) is 17.0. The van der Waals surface area contributed by atoms with Crippen molar-refractivity contribution in [2.75, 3.05) is 39.4 Å². The van der Waals surface area contributed by atoms with Crippen molar-refractivity contribution in [3.8, 4) is 0 Å². The molecule has 3 N–H and O–H groups in total. The van der Waals surface area contributed by atoms with E-state index in [9.17, 15) is 20.0 Å². The van der Waals surface area contributed by atoms with Crippen LogP contribution in [0.3, 0.4) is 0 Å². The number of nitrogens with one attached hydrogen (secondary N) is 2. The maximum Gasteiger partial charge on any atom is 0.269 e. The molecule has 1 fully saturated rings. The number of morpholine rings is 1. The minimum absolute atomic E-state index is 0.0625. The van der Waals surface area contributed by atoms with Gasteiger partial charge >= 0.3 is 0 Å². The number of amides is 1. The van der Waals surface area contributed by atoms with Crippen LogP contribution >= 0.6 is 0 Å². The van der Waals surface area contributed by atoms with Crippen LogP contribution in [0.25, 0.3) is 0 Å². The number of hydrogen-bond donors (Lipinski definition) is 3. The van der Waals surface area contributed by atoms with Crippen LogP contribution < -0.4 is 10.2 Å². The Labute approximate surface area is 127 Å². The minimum atomic E-state index is -0.630. The molecule has 0 radical (unpaired) electrons. The summed E-state index contributed by atoms with van der Waals surface area (Å²) in [6.45, 7) is 3.80. The number of hydrogen-bond acceptors (Lipinski definition) is 5. The van der Waals surface area contributed by atoms with Gasteiger partial charge in [-0.1, -0.05) is 0 Å². The molecule has 0 saturated carbocycles. The van der Waals surface area contributed by atoms with Crippen LogP contribution in [0.2, 0.25) is 0 Å². The van der Waals surface area contributed by atoms with Crippen LogP contribution in [0.1, 0.15) is 10.4 Å². The zero-order valence-corrected chi connectivity index (χ0v) is 12.2. The quantitative estimate of drug-likeness (QED) is 0.443. The Hall–Kier alpha value is -2.03. The molecule has 1 saturated heterocycles. The number of aliphatic hydroxyl groups is 1. The Kier molecular flexibility index (Phi) is 5.82. The molecule has 0 aromatic heterocycles. The van der Waals surface area contributed by atoms with Crippen LogP contribution in [-0.2, 0) is 4.74 Å². The molecule has 1 aromatic carbocycles. The molecule has 1 heterocycles. The van der Waals surface area contributed by atoms with Gasteiger partial charge in [-0.05, 0) is 12.1 Å². The van der Waals surface area contributed by atoms with Crippen molar-refractivity contribution in [2.45, 2.75) is 6.10 Å². The monoisotopic (exact) mass is 310 g/mol. The lowest BCUT2D eigenvalue weighted by Gasteiger charge is -2.25. The van der Waals surface area contributed by atoms with Crippen LogP contribution in [0.4, 0.5) is 5.69 Å². The van der Waals surface area contributed by atoms with Crippen molar-refractivity contribution in [3.05, 3.63) is 39.9 Å². The first kappa shape index (κ1) is 16.3. The van der Waals surface area contributed by atoms with E-state index in [0.717, 1.165) is 13.1 Å². The number of rotatable bonds is 6. The molecule has 120 valence electrons. The molecule has 1 aliphatic rings. The zero-order valence-electron chi connectivity index (χ0n) is 12.2.